The lowest BCUT2D eigenvalue weighted by molar-refractivity contribution is 0.0717. The quantitative estimate of drug-likeness (QED) is 0.862. The van der Waals surface area contributed by atoms with Crippen LogP contribution in [-0.4, -0.2) is 24.8 Å². The van der Waals surface area contributed by atoms with Crippen LogP contribution in [0.3, 0.4) is 0 Å². The van der Waals surface area contributed by atoms with Crippen molar-refractivity contribution in [3.05, 3.63) is 45.6 Å². The monoisotopic (exact) mass is 306 g/mol. The predicted octanol–water partition coefficient (Wildman–Crippen LogP) is 3.29. The van der Waals surface area contributed by atoms with Crippen molar-refractivity contribution in [3.63, 3.8) is 0 Å². The summed E-state index contributed by atoms with van der Waals surface area (Å²) in [5.74, 6) is 0.900. The average molecular weight is 307 g/mol. The molecule has 4 nitrogen and oxygen atoms in total. The summed E-state index contributed by atoms with van der Waals surface area (Å²) in [4.78, 5) is 15.4. The minimum atomic E-state index is -0.0248. The van der Waals surface area contributed by atoms with E-state index in [1.807, 2.05) is 6.92 Å². The molecular formula is C16H17ClNO3+. The van der Waals surface area contributed by atoms with Crippen LogP contribution in [0.5, 0.6) is 5.75 Å². The molecule has 1 aromatic heterocycles. The lowest BCUT2D eigenvalue weighted by Crippen LogP contribution is -2.16. The van der Waals surface area contributed by atoms with Crippen molar-refractivity contribution in [3.8, 4) is 5.75 Å². The van der Waals surface area contributed by atoms with E-state index in [-0.39, 0.29) is 11.5 Å². The fourth-order valence-corrected chi connectivity index (χ4v) is 2.46. The molecule has 1 aliphatic rings. The van der Waals surface area contributed by atoms with E-state index in [4.69, 9.17) is 21.1 Å². The van der Waals surface area contributed by atoms with Gasteiger partial charge in [0.15, 0.2) is 11.3 Å². The van der Waals surface area contributed by atoms with Crippen LogP contribution in [0.4, 0.5) is 0 Å². The van der Waals surface area contributed by atoms with Gasteiger partial charge in [0.05, 0.1) is 23.7 Å². The third-order valence-electron chi connectivity index (χ3n) is 3.67. The van der Waals surface area contributed by atoms with Crippen molar-refractivity contribution in [2.45, 2.75) is 25.4 Å². The number of H-pyrrole nitrogens is 1. The highest BCUT2D eigenvalue weighted by atomic mass is 35.5. The topological polar surface area (TPSA) is 51.3 Å². The number of rotatable bonds is 5. The Bertz CT molecular complexity index is 721. The molecular weight excluding hydrogens is 290 g/mol. The summed E-state index contributed by atoms with van der Waals surface area (Å²) >= 11 is 6.39. The molecule has 0 radical (unpaired) electrons. The van der Waals surface area contributed by atoms with Crippen LogP contribution < -0.4 is 10.2 Å². The minimum absolute atomic E-state index is 0.0160. The Balaban J connectivity index is 2.00. The maximum Gasteiger partial charge on any atom is 0.189 e. The van der Waals surface area contributed by atoms with Gasteiger partial charge in [0.25, 0.3) is 0 Å². The van der Waals surface area contributed by atoms with E-state index in [1.165, 1.54) is 0 Å². The first kappa shape index (κ1) is 14.3. The molecule has 1 aromatic carbocycles. The molecule has 5 heteroatoms. The summed E-state index contributed by atoms with van der Waals surface area (Å²) in [6.45, 7) is 2.32. The third-order valence-corrected chi connectivity index (χ3v) is 4.05. The molecule has 1 saturated carbocycles. The van der Waals surface area contributed by atoms with Gasteiger partial charge in [0, 0.05) is 18.6 Å². The van der Waals surface area contributed by atoms with E-state index in [2.05, 4.69) is 11.4 Å². The molecule has 3 rings (SSSR count). The molecule has 1 N–H and O–H groups in total. The number of pyridine rings is 1. The highest BCUT2D eigenvalue weighted by molar-refractivity contribution is 6.36. The summed E-state index contributed by atoms with van der Waals surface area (Å²) in [7, 11) is 1.63. The summed E-state index contributed by atoms with van der Waals surface area (Å²) in [6.07, 6.45) is 3.12. The Morgan fingerprint density at radius 1 is 1.52 bits per heavy atom. The van der Waals surface area contributed by atoms with E-state index < -0.39 is 0 Å². The first-order valence-electron chi connectivity index (χ1n) is 6.94. The van der Waals surface area contributed by atoms with Crippen molar-refractivity contribution < 1.29 is 9.47 Å². The van der Waals surface area contributed by atoms with Crippen molar-refractivity contribution in [1.29, 1.82) is 0 Å². The van der Waals surface area contributed by atoms with Crippen molar-refractivity contribution in [2.24, 2.45) is 0 Å². The van der Waals surface area contributed by atoms with Crippen LogP contribution in [0, 0.1) is 6.42 Å². The second-order valence-electron chi connectivity index (χ2n) is 5.32. The molecule has 1 heterocycles. The number of ether oxygens (including phenoxy) is 2. The summed E-state index contributed by atoms with van der Waals surface area (Å²) in [5.41, 5.74) is 1.54. The maximum atomic E-state index is 12.2. The Labute approximate surface area is 128 Å². The molecule has 0 amide bonds. The van der Waals surface area contributed by atoms with Gasteiger partial charge in [-0.2, -0.15) is 0 Å². The number of aromatic amines is 1. The first-order valence-corrected chi connectivity index (χ1v) is 7.32. The number of aromatic nitrogens is 1. The highest BCUT2D eigenvalue weighted by Crippen LogP contribution is 2.39. The Kier molecular flexibility index (Phi) is 3.83. The van der Waals surface area contributed by atoms with E-state index in [0.29, 0.717) is 34.2 Å². The number of halogens is 1. The fraction of sp³-hybridized carbons (Fsp3) is 0.375. The van der Waals surface area contributed by atoms with Crippen LogP contribution in [-0.2, 0) is 4.74 Å². The summed E-state index contributed by atoms with van der Waals surface area (Å²) < 4.78 is 10.8. The highest BCUT2D eigenvalue weighted by Gasteiger charge is 2.38. The number of hydrogen-bond donors (Lipinski definition) is 1. The Morgan fingerprint density at radius 2 is 2.29 bits per heavy atom. The van der Waals surface area contributed by atoms with Gasteiger partial charge in [-0.05, 0) is 19.1 Å². The van der Waals surface area contributed by atoms with E-state index in [1.54, 1.807) is 25.3 Å². The summed E-state index contributed by atoms with van der Waals surface area (Å²) in [5, 5.41) is 1.02. The smallest absolute Gasteiger partial charge is 0.189 e. The number of hydrogen-bond acceptors (Lipinski definition) is 3. The number of nitrogens with one attached hydrogen (secondary N) is 1. The van der Waals surface area contributed by atoms with Crippen LogP contribution in [0.1, 0.15) is 25.0 Å². The van der Waals surface area contributed by atoms with Gasteiger partial charge in [-0.15, -0.1) is 0 Å². The van der Waals surface area contributed by atoms with Crippen molar-refractivity contribution in [1.82, 2.24) is 4.98 Å². The molecule has 110 valence electrons. The minimum Gasteiger partial charge on any atom is -0.489 e. The molecule has 0 aliphatic heterocycles. The zero-order chi connectivity index (χ0) is 15.0. The average Bonchev–Trinajstić information content (AvgIpc) is 3.31. The Hall–Kier alpha value is -1.65. The van der Waals surface area contributed by atoms with Gasteiger partial charge in [-0.25, -0.2) is 0 Å². The van der Waals surface area contributed by atoms with Gasteiger partial charge in [0.1, 0.15) is 23.8 Å². The van der Waals surface area contributed by atoms with E-state index in [9.17, 15) is 4.79 Å². The molecule has 0 saturated heterocycles. The maximum absolute atomic E-state index is 12.2. The number of fused-ring (bicyclic) bond motifs is 1. The van der Waals surface area contributed by atoms with E-state index >= 15 is 0 Å². The molecule has 2 atom stereocenters. The molecule has 0 spiro atoms. The Morgan fingerprint density at radius 3 is 2.95 bits per heavy atom. The standard InChI is InChI=1S/C16H16ClNO3/c1-9(20-2)8-21-14-6-5-11-13(19)7-12(10-3-4-10)18-16(11)15(14)17/h3,5-7,9-10H,4,8H2,1-2H3/p+1. The molecule has 2 unspecified atom stereocenters. The second kappa shape index (κ2) is 5.62. The third kappa shape index (κ3) is 2.87. The first-order chi connectivity index (χ1) is 10.1. The van der Waals surface area contributed by atoms with Gasteiger partial charge in [-0.1, -0.05) is 11.6 Å². The fourth-order valence-electron chi connectivity index (χ4n) is 2.19. The molecule has 21 heavy (non-hydrogen) atoms. The molecule has 0 bridgehead atoms. The predicted molar refractivity (Wildman–Crippen MR) is 83.2 cm³/mol. The number of methoxy groups -OCH3 is 1. The number of benzene rings is 1. The van der Waals surface area contributed by atoms with Gasteiger partial charge < -0.3 is 14.5 Å². The largest absolute Gasteiger partial charge is 0.489 e. The normalized spacial score (nSPS) is 18.3. The van der Waals surface area contributed by atoms with Crippen LogP contribution in [0.25, 0.3) is 10.9 Å². The molecule has 1 aliphatic carbocycles. The zero-order valence-corrected chi connectivity index (χ0v) is 12.7. The summed E-state index contributed by atoms with van der Waals surface area (Å²) in [6, 6.07) is 5.12. The lowest BCUT2D eigenvalue weighted by atomic mass is 10.1. The van der Waals surface area contributed by atoms with Gasteiger partial charge >= 0.3 is 0 Å². The van der Waals surface area contributed by atoms with Crippen molar-refractivity contribution in [2.75, 3.05) is 13.7 Å². The molecule has 2 aromatic rings. The second-order valence-corrected chi connectivity index (χ2v) is 5.70. The molecule has 1 fully saturated rings. The van der Waals surface area contributed by atoms with E-state index in [0.717, 1.165) is 12.1 Å². The van der Waals surface area contributed by atoms with Crippen molar-refractivity contribution >= 4 is 22.5 Å². The SMILES string of the molecule is COC(C)COc1ccc2c(=O)cc(C3[CH+]C3)[nH]c2c1Cl. The lowest BCUT2D eigenvalue weighted by Gasteiger charge is -2.13. The zero-order valence-electron chi connectivity index (χ0n) is 12.0. The van der Waals surface area contributed by atoms with Gasteiger partial charge in [-0.3, -0.25) is 4.79 Å². The van der Waals surface area contributed by atoms with Crippen LogP contribution in [0.2, 0.25) is 5.02 Å². The van der Waals surface area contributed by atoms with Crippen LogP contribution >= 0.6 is 11.6 Å². The van der Waals surface area contributed by atoms with Crippen LogP contribution in [0.15, 0.2) is 23.0 Å². The van der Waals surface area contributed by atoms with Gasteiger partial charge in [0.2, 0.25) is 0 Å².